The Hall–Kier alpha value is -4.37. The number of amides is 1. The van der Waals surface area contributed by atoms with E-state index in [0.29, 0.717) is 12.3 Å². The highest BCUT2D eigenvalue weighted by molar-refractivity contribution is 6.18. The molecule has 35 heavy (non-hydrogen) atoms. The number of rotatable bonds is 4. The minimum atomic E-state index is -0.891. The molecule has 2 aliphatic heterocycles. The maximum atomic E-state index is 14.4. The average Bonchev–Trinajstić information content (AvgIpc) is 2.92. The smallest absolute Gasteiger partial charge is 0.241 e. The summed E-state index contributed by atoms with van der Waals surface area (Å²) in [6.45, 7) is 2.53. The van der Waals surface area contributed by atoms with Crippen LogP contribution in [0.1, 0.15) is 29.2 Å². The Balaban J connectivity index is 1.60. The maximum Gasteiger partial charge on any atom is 0.241 e. The average molecular weight is 456 g/mol. The van der Waals surface area contributed by atoms with Crippen molar-refractivity contribution in [3.63, 3.8) is 0 Å². The lowest BCUT2D eigenvalue weighted by Gasteiger charge is -2.44. The lowest BCUT2D eigenvalue weighted by Crippen LogP contribution is -2.47. The fourth-order valence-electron chi connectivity index (χ4n) is 5.10. The lowest BCUT2D eigenvalue weighted by molar-refractivity contribution is -0.123. The number of ether oxygens (including phenoxy) is 1. The molecule has 0 N–H and O–H groups in total. The third-order valence-electron chi connectivity index (χ3n) is 6.81. The van der Waals surface area contributed by atoms with Crippen LogP contribution in [0.25, 0.3) is 17.1 Å². The minimum absolute atomic E-state index is 0.0419. The number of benzene rings is 4. The Morgan fingerprint density at radius 2 is 1.29 bits per heavy atom. The van der Waals surface area contributed by atoms with E-state index < -0.39 is 5.41 Å². The van der Waals surface area contributed by atoms with Crippen LogP contribution < -0.4 is 4.90 Å². The molecule has 0 fully saturated rings. The Labute approximate surface area is 205 Å². The van der Waals surface area contributed by atoms with Gasteiger partial charge < -0.3 is 9.64 Å². The molecule has 0 bridgehead atoms. The van der Waals surface area contributed by atoms with Crippen molar-refractivity contribution in [1.82, 2.24) is 0 Å². The first-order valence-electron chi connectivity index (χ1n) is 11.9. The predicted octanol–water partition coefficient (Wildman–Crippen LogP) is 7.18. The Kier molecular flexibility index (Phi) is 5.11. The van der Waals surface area contributed by atoms with Crippen molar-refractivity contribution >= 4 is 28.7 Å². The highest BCUT2D eigenvalue weighted by atomic mass is 16.5. The highest BCUT2D eigenvalue weighted by Gasteiger charge is 2.49. The van der Waals surface area contributed by atoms with Gasteiger partial charge in [-0.25, -0.2) is 0 Å². The number of anilines is 1. The van der Waals surface area contributed by atoms with E-state index in [-0.39, 0.29) is 5.91 Å². The van der Waals surface area contributed by atoms with Crippen molar-refractivity contribution in [3.8, 4) is 0 Å². The van der Waals surface area contributed by atoms with E-state index in [1.165, 1.54) is 0 Å². The molecule has 6 rings (SSSR count). The third kappa shape index (κ3) is 3.57. The van der Waals surface area contributed by atoms with Gasteiger partial charge in [0.05, 0.1) is 17.6 Å². The van der Waals surface area contributed by atoms with Gasteiger partial charge in [-0.2, -0.15) is 0 Å². The number of para-hydroxylation sites is 1. The molecule has 0 spiro atoms. The van der Waals surface area contributed by atoms with Crippen LogP contribution >= 0.6 is 0 Å². The van der Waals surface area contributed by atoms with Crippen LogP contribution in [0.3, 0.4) is 0 Å². The van der Waals surface area contributed by atoms with Crippen molar-refractivity contribution in [1.29, 1.82) is 0 Å². The van der Waals surface area contributed by atoms with E-state index in [0.717, 1.165) is 39.3 Å². The molecule has 0 saturated carbocycles. The second-order valence-electron chi connectivity index (χ2n) is 9.14. The van der Waals surface area contributed by atoms with Gasteiger partial charge in [0.25, 0.3) is 0 Å². The number of carbonyl (C=O) groups excluding carboxylic acids is 1. The van der Waals surface area contributed by atoms with E-state index in [1.54, 1.807) is 0 Å². The van der Waals surface area contributed by atoms with Crippen LogP contribution in [0.5, 0.6) is 0 Å². The van der Waals surface area contributed by atoms with Gasteiger partial charge in [0.2, 0.25) is 5.91 Å². The van der Waals surface area contributed by atoms with Crippen LogP contribution in [0.2, 0.25) is 0 Å². The number of hydrogen-bond donors (Lipinski definition) is 0. The molecule has 0 aliphatic carbocycles. The van der Waals surface area contributed by atoms with Crippen molar-refractivity contribution in [2.24, 2.45) is 5.41 Å². The molecule has 0 saturated heterocycles. The third-order valence-corrected chi connectivity index (χ3v) is 6.81. The zero-order valence-corrected chi connectivity index (χ0v) is 19.5. The van der Waals surface area contributed by atoms with Crippen LogP contribution in [0.15, 0.2) is 121 Å². The molecule has 2 heterocycles. The van der Waals surface area contributed by atoms with Crippen LogP contribution in [0.4, 0.5) is 5.69 Å². The molecule has 0 radical (unpaired) electrons. The first-order valence-corrected chi connectivity index (χ1v) is 11.9. The summed E-state index contributed by atoms with van der Waals surface area (Å²) in [6, 6.07) is 38.4. The molecule has 3 heteroatoms. The van der Waals surface area contributed by atoms with Gasteiger partial charge in [0.1, 0.15) is 11.5 Å². The van der Waals surface area contributed by atoms with Gasteiger partial charge in [-0.15, -0.1) is 0 Å². The molecular formula is C32H25NO2. The second kappa shape index (κ2) is 8.44. The summed E-state index contributed by atoms with van der Waals surface area (Å²) in [5.74, 6) is 1.47. The van der Waals surface area contributed by atoms with Gasteiger partial charge in [0.15, 0.2) is 0 Å². The highest BCUT2D eigenvalue weighted by Crippen LogP contribution is 2.54. The van der Waals surface area contributed by atoms with E-state index in [1.807, 2.05) is 115 Å². The molecular weight excluding hydrogens is 430 g/mol. The topological polar surface area (TPSA) is 29.5 Å². The van der Waals surface area contributed by atoms with E-state index in [2.05, 4.69) is 18.2 Å². The first kappa shape index (κ1) is 21.2. The summed E-state index contributed by atoms with van der Waals surface area (Å²) >= 11 is 0. The minimum Gasteiger partial charge on any atom is -0.456 e. The maximum absolute atomic E-state index is 14.4. The lowest BCUT2D eigenvalue weighted by atomic mass is 9.70. The number of nitrogens with zero attached hydrogens (tertiary/aromatic N) is 1. The molecule has 0 aromatic heterocycles. The second-order valence-corrected chi connectivity index (χ2v) is 9.14. The predicted molar refractivity (Wildman–Crippen MR) is 141 cm³/mol. The van der Waals surface area contributed by atoms with Gasteiger partial charge in [0, 0.05) is 22.3 Å². The van der Waals surface area contributed by atoms with Gasteiger partial charge in [-0.05, 0) is 24.6 Å². The van der Waals surface area contributed by atoms with Crippen LogP contribution in [-0.4, -0.2) is 5.91 Å². The monoisotopic (exact) mass is 455 g/mol. The standard InChI is InChI=1S/C32H25NO2/c1-32-21-28(24-15-7-3-8-16-24)35-30(25-17-9-4-10-18-25)29(32)26-19-11-12-20-27(26)33(31(32)34)22-23-13-5-2-6-14-23/h2-21H,22H2,1H3. The largest absolute Gasteiger partial charge is 0.456 e. The fraction of sp³-hybridized carbons (Fsp3) is 0.0938. The molecule has 1 amide bonds. The molecule has 2 aliphatic rings. The molecule has 1 atom stereocenters. The number of fused-ring (bicyclic) bond motifs is 3. The fourth-order valence-corrected chi connectivity index (χ4v) is 5.10. The molecule has 3 nitrogen and oxygen atoms in total. The van der Waals surface area contributed by atoms with Crippen molar-refractivity contribution in [2.75, 3.05) is 4.90 Å². The quantitative estimate of drug-likeness (QED) is 0.326. The molecule has 170 valence electrons. The molecule has 4 aromatic rings. The molecule has 1 unspecified atom stereocenters. The summed E-state index contributed by atoms with van der Waals surface area (Å²) in [6.07, 6.45) is 2.00. The Morgan fingerprint density at radius 1 is 0.714 bits per heavy atom. The zero-order chi connectivity index (χ0) is 23.8. The van der Waals surface area contributed by atoms with E-state index >= 15 is 0 Å². The first-order chi connectivity index (χ1) is 17.1. The van der Waals surface area contributed by atoms with Gasteiger partial charge in [-0.3, -0.25) is 4.79 Å². The summed E-state index contributed by atoms with van der Waals surface area (Å²) in [5.41, 5.74) is 4.94. The van der Waals surface area contributed by atoms with E-state index in [9.17, 15) is 4.79 Å². The van der Waals surface area contributed by atoms with Crippen molar-refractivity contribution < 1.29 is 9.53 Å². The summed E-state index contributed by atoms with van der Waals surface area (Å²) in [7, 11) is 0. The van der Waals surface area contributed by atoms with Gasteiger partial charge >= 0.3 is 0 Å². The van der Waals surface area contributed by atoms with Gasteiger partial charge in [-0.1, -0.05) is 109 Å². The van der Waals surface area contributed by atoms with Crippen LogP contribution in [0, 0.1) is 5.41 Å². The van der Waals surface area contributed by atoms with E-state index in [4.69, 9.17) is 4.74 Å². The van der Waals surface area contributed by atoms with Crippen molar-refractivity contribution in [3.05, 3.63) is 144 Å². The summed E-state index contributed by atoms with van der Waals surface area (Å²) in [4.78, 5) is 16.3. The SMILES string of the molecule is CC12C=C(c3ccccc3)OC(c3ccccc3)=C1c1ccccc1N(Cc1ccccc1)C2=O. The Bertz CT molecular complexity index is 1460. The van der Waals surface area contributed by atoms with Crippen molar-refractivity contribution in [2.45, 2.75) is 13.5 Å². The zero-order valence-electron chi connectivity index (χ0n) is 19.5. The summed E-state index contributed by atoms with van der Waals surface area (Å²) in [5, 5.41) is 0. The Morgan fingerprint density at radius 3 is 1.97 bits per heavy atom. The molecule has 4 aromatic carbocycles. The van der Waals surface area contributed by atoms with Crippen LogP contribution in [-0.2, 0) is 16.1 Å². The number of hydrogen-bond acceptors (Lipinski definition) is 2. The number of carbonyl (C=O) groups is 1. The normalized spacial score (nSPS) is 18.9. The summed E-state index contributed by atoms with van der Waals surface area (Å²) < 4.78 is 6.62.